The van der Waals surface area contributed by atoms with Gasteiger partial charge in [0.05, 0.1) is 28.4 Å². The number of anilines is 1. The summed E-state index contributed by atoms with van der Waals surface area (Å²) < 4.78 is 32.5. The lowest BCUT2D eigenvalue weighted by Gasteiger charge is -2.25. The SMILES string of the molecule is O=C(CN(c1ccc(Cl)cc1Cl)S(=O)(=O)c1ccccc1)NCc1ccco1. The molecule has 3 rings (SSSR count). The van der Waals surface area contributed by atoms with E-state index < -0.39 is 22.5 Å². The molecule has 0 fully saturated rings. The molecule has 1 heterocycles. The van der Waals surface area contributed by atoms with Crippen molar-refractivity contribution in [2.75, 3.05) is 10.8 Å². The van der Waals surface area contributed by atoms with Gasteiger partial charge in [0.2, 0.25) is 5.91 Å². The molecule has 9 heteroatoms. The first-order chi connectivity index (χ1) is 13.4. The van der Waals surface area contributed by atoms with Crippen molar-refractivity contribution in [1.29, 1.82) is 0 Å². The summed E-state index contributed by atoms with van der Waals surface area (Å²) in [7, 11) is -4.04. The highest BCUT2D eigenvalue weighted by atomic mass is 35.5. The lowest BCUT2D eigenvalue weighted by Crippen LogP contribution is -2.40. The van der Waals surface area contributed by atoms with Crippen molar-refractivity contribution in [3.05, 3.63) is 82.7 Å². The van der Waals surface area contributed by atoms with E-state index in [4.69, 9.17) is 27.6 Å². The van der Waals surface area contributed by atoms with Crippen LogP contribution in [0, 0.1) is 0 Å². The number of carbonyl (C=O) groups is 1. The maximum atomic E-state index is 13.2. The standard InChI is InChI=1S/C19H16Cl2N2O4S/c20-14-8-9-18(17(21)11-14)23(28(25,26)16-6-2-1-3-7-16)13-19(24)22-12-15-5-4-10-27-15/h1-11H,12-13H2,(H,22,24). The minimum absolute atomic E-state index is 0.0415. The molecule has 0 radical (unpaired) electrons. The molecule has 6 nitrogen and oxygen atoms in total. The van der Waals surface area contributed by atoms with Crippen LogP contribution in [-0.4, -0.2) is 20.9 Å². The largest absolute Gasteiger partial charge is 0.467 e. The van der Waals surface area contributed by atoms with Crippen molar-refractivity contribution in [1.82, 2.24) is 5.32 Å². The van der Waals surface area contributed by atoms with Gasteiger partial charge in [0.15, 0.2) is 0 Å². The van der Waals surface area contributed by atoms with Crippen LogP contribution in [-0.2, 0) is 21.4 Å². The number of hydrogen-bond donors (Lipinski definition) is 1. The van der Waals surface area contributed by atoms with E-state index in [0.717, 1.165) is 4.31 Å². The number of sulfonamides is 1. The molecular weight excluding hydrogens is 423 g/mol. The molecule has 1 amide bonds. The van der Waals surface area contributed by atoms with Crippen molar-refractivity contribution in [2.45, 2.75) is 11.4 Å². The Balaban J connectivity index is 1.91. The molecular formula is C19H16Cl2N2O4S. The monoisotopic (exact) mass is 438 g/mol. The summed E-state index contributed by atoms with van der Waals surface area (Å²) in [6.45, 7) is -0.321. The smallest absolute Gasteiger partial charge is 0.264 e. The molecule has 0 aliphatic heterocycles. The van der Waals surface area contributed by atoms with Crippen molar-refractivity contribution in [3.8, 4) is 0 Å². The van der Waals surface area contributed by atoms with Crippen LogP contribution in [0.25, 0.3) is 0 Å². The molecule has 0 aliphatic carbocycles. The highest BCUT2D eigenvalue weighted by Crippen LogP contribution is 2.32. The van der Waals surface area contributed by atoms with Crippen LogP contribution in [0.1, 0.15) is 5.76 Å². The minimum Gasteiger partial charge on any atom is -0.467 e. The van der Waals surface area contributed by atoms with E-state index >= 15 is 0 Å². The van der Waals surface area contributed by atoms with Crippen LogP contribution in [0.15, 0.2) is 76.2 Å². The molecule has 0 saturated carbocycles. The van der Waals surface area contributed by atoms with Gasteiger partial charge in [-0.1, -0.05) is 41.4 Å². The van der Waals surface area contributed by atoms with Crippen molar-refractivity contribution < 1.29 is 17.6 Å². The Bertz CT molecular complexity index is 1050. The van der Waals surface area contributed by atoms with E-state index in [2.05, 4.69) is 5.32 Å². The van der Waals surface area contributed by atoms with Crippen LogP contribution in [0.4, 0.5) is 5.69 Å². The van der Waals surface area contributed by atoms with Gasteiger partial charge in [-0.2, -0.15) is 0 Å². The molecule has 0 atom stereocenters. The third-order valence-corrected chi connectivity index (χ3v) is 6.15. The topological polar surface area (TPSA) is 79.6 Å². The molecule has 0 bridgehead atoms. The van der Waals surface area contributed by atoms with Gasteiger partial charge in [-0.25, -0.2) is 8.42 Å². The fourth-order valence-corrected chi connectivity index (χ4v) is 4.51. The number of nitrogens with one attached hydrogen (secondary N) is 1. The Morgan fingerprint density at radius 3 is 2.43 bits per heavy atom. The average Bonchev–Trinajstić information content (AvgIpc) is 3.19. The zero-order chi connectivity index (χ0) is 20.1. The van der Waals surface area contributed by atoms with E-state index in [9.17, 15) is 13.2 Å². The van der Waals surface area contributed by atoms with Crippen molar-refractivity contribution >= 4 is 44.8 Å². The summed E-state index contributed by atoms with van der Waals surface area (Å²) in [6.07, 6.45) is 1.49. The number of carbonyl (C=O) groups excluding carboxylic acids is 1. The number of hydrogen-bond acceptors (Lipinski definition) is 4. The Morgan fingerprint density at radius 1 is 1.04 bits per heavy atom. The third kappa shape index (κ3) is 4.67. The van der Waals surface area contributed by atoms with Crippen molar-refractivity contribution in [3.63, 3.8) is 0 Å². The number of amides is 1. The van der Waals surface area contributed by atoms with Gasteiger partial charge in [0.1, 0.15) is 12.3 Å². The Labute approximate surface area is 172 Å². The van der Waals surface area contributed by atoms with Crippen molar-refractivity contribution in [2.24, 2.45) is 0 Å². The molecule has 28 heavy (non-hydrogen) atoms. The second kappa shape index (κ2) is 8.68. The maximum absolute atomic E-state index is 13.2. The van der Waals surface area contributed by atoms with Crippen LogP contribution in [0.2, 0.25) is 10.0 Å². The van der Waals surface area contributed by atoms with Gasteiger partial charge in [-0.05, 0) is 42.5 Å². The predicted molar refractivity (Wildman–Crippen MR) is 108 cm³/mol. The molecule has 3 aromatic rings. The van der Waals surface area contributed by atoms with E-state index in [1.165, 1.54) is 36.6 Å². The summed E-state index contributed by atoms with van der Waals surface area (Å²) in [5.41, 5.74) is 0.156. The number of benzene rings is 2. The van der Waals surface area contributed by atoms with Crippen LogP contribution in [0.5, 0.6) is 0 Å². The van der Waals surface area contributed by atoms with E-state index in [1.54, 1.807) is 30.3 Å². The first kappa shape index (κ1) is 20.3. The third-order valence-electron chi connectivity index (χ3n) is 3.84. The second-order valence-corrected chi connectivity index (χ2v) is 8.48. The van der Waals surface area contributed by atoms with Gasteiger partial charge in [0.25, 0.3) is 10.0 Å². The molecule has 1 aromatic heterocycles. The van der Waals surface area contributed by atoms with Gasteiger partial charge in [-0.3, -0.25) is 9.10 Å². The molecule has 0 unspecified atom stereocenters. The molecule has 0 spiro atoms. The normalized spacial score (nSPS) is 11.2. The Kier molecular flexibility index (Phi) is 6.28. The zero-order valence-electron chi connectivity index (χ0n) is 14.5. The molecule has 0 saturated heterocycles. The van der Waals surface area contributed by atoms with Crippen LogP contribution >= 0.6 is 23.2 Å². The zero-order valence-corrected chi connectivity index (χ0v) is 16.8. The highest BCUT2D eigenvalue weighted by molar-refractivity contribution is 7.92. The van der Waals surface area contributed by atoms with Gasteiger partial charge in [-0.15, -0.1) is 0 Å². The molecule has 146 valence electrons. The van der Waals surface area contributed by atoms with Crippen LogP contribution in [0.3, 0.4) is 0 Å². The average molecular weight is 439 g/mol. The number of rotatable bonds is 7. The first-order valence-corrected chi connectivity index (χ1v) is 10.4. The highest BCUT2D eigenvalue weighted by Gasteiger charge is 2.28. The molecule has 0 aliphatic rings. The fraction of sp³-hybridized carbons (Fsp3) is 0.105. The fourth-order valence-electron chi connectivity index (χ4n) is 2.49. The van der Waals surface area contributed by atoms with E-state index in [0.29, 0.717) is 10.8 Å². The lowest BCUT2D eigenvalue weighted by molar-refractivity contribution is -0.119. The van der Waals surface area contributed by atoms with Gasteiger partial charge >= 0.3 is 0 Å². The second-order valence-electron chi connectivity index (χ2n) is 5.78. The number of nitrogens with zero attached hydrogens (tertiary/aromatic N) is 1. The summed E-state index contributed by atoms with van der Waals surface area (Å²) in [5, 5.41) is 3.10. The quantitative estimate of drug-likeness (QED) is 0.601. The summed E-state index contributed by atoms with van der Waals surface area (Å²) in [4.78, 5) is 12.5. The molecule has 2 aromatic carbocycles. The summed E-state index contributed by atoms with van der Waals surface area (Å²) in [5.74, 6) is 0.0391. The first-order valence-electron chi connectivity index (χ1n) is 8.20. The molecule has 1 N–H and O–H groups in total. The summed E-state index contributed by atoms with van der Waals surface area (Å²) >= 11 is 12.1. The minimum atomic E-state index is -4.04. The van der Waals surface area contributed by atoms with Gasteiger partial charge in [0, 0.05) is 5.02 Å². The van der Waals surface area contributed by atoms with Crippen LogP contribution < -0.4 is 9.62 Å². The Morgan fingerprint density at radius 2 is 1.79 bits per heavy atom. The number of furan rings is 1. The van der Waals surface area contributed by atoms with E-state index in [1.807, 2.05) is 0 Å². The van der Waals surface area contributed by atoms with E-state index in [-0.39, 0.29) is 22.2 Å². The summed E-state index contributed by atoms with van der Waals surface area (Å²) in [6, 6.07) is 15.6. The predicted octanol–water partition coefficient (Wildman–Crippen LogP) is 4.10. The number of halogens is 2. The maximum Gasteiger partial charge on any atom is 0.264 e. The Hall–Kier alpha value is -2.48. The lowest BCUT2D eigenvalue weighted by atomic mass is 10.3. The van der Waals surface area contributed by atoms with Gasteiger partial charge < -0.3 is 9.73 Å².